The third kappa shape index (κ3) is 1.82. The largest absolute Gasteiger partial charge is 0.506 e. The van der Waals surface area contributed by atoms with Gasteiger partial charge >= 0.3 is 0 Å². The first-order valence-corrected chi connectivity index (χ1v) is 5.85. The first-order chi connectivity index (χ1) is 6.59. The Kier molecular flexibility index (Phi) is 2.11. The van der Waals surface area contributed by atoms with E-state index in [0.29, 0.717) is 12.8 Å². The molecule has 1 aromatic carbocycles. The highest BCUT2D eigenvalue weighted by molar-refractivity contribution is 7.93. The Morgan fingerprint density at radius 3 is 2.79 bits per heavy atom. The number of phenolic OH excluding ortho intramolecular Hbond substituents is 1. The van der Waals surface area contributed by atoms with Crippen molar-refractivity contribution in [2.75, 3.05) is 4.72 Å². The van der Waals surface area contributed by atoms with Gasteiger partial charge in [0.15, 0.2) is 0 Å². The third-order valence-corrected chi connectivity index (χ3v) is 3.91. The highest BCUT2D eigenvalue weighted by Gasteiger charge is 2.35. The quantitative estimate of drug-likeness (QED) is 0.737. The zero-order chi connectivity index (χ0) is 10.2. The predicted octanol–water partition coefficient (Wildman–Crippen LogP) is 1.10. The maximum atomic E-state index is 11.5. The molecule has 0 heterocycles. The van der Waals surface area contributed by atoms with Crippen LogP contribution in [-0.4, -0.2) is 18.8 Å². The van der Waals surface area contributed by atoms with Gasteiger partial charge in [-0.15, -0.1) is 0 Å². The van der Waals surface area contributed by atoms with Crippen molar-refractivity contribution in [2.45, 2.75) is 18.1 Å². The normalized spacial score (nSPS) is 16.6. The highest BCUT2D eigenvalue weighted by atomic mass is 32.2. The van der Waals surface area contributed by atoms with Crippen molar-refractivity contribution in [1.29, 1.82) is 0 Å². The van der Waals surface area contributed by atoms with Crippen molar-refractivity contribution >= 4 is 15.7 Å². The minimum Gasteiger partial charge on any atom is -0.506 e. The van der Waals surface area contributed by atoms with E-state index in [2.05, 4.69) is 10.8 Å². The van der Waals surface area contributed by atoms with Crippen molar-refractivity contribution in [3.8, 4) is 5.75 Å². The van der Waals surface area contributed by atoms with Gasteiger partial charge in [0.2, 0.25) is 10.0 Å². The van der Waals surface area contributed by atoms with Crippen LogP contribution >= 0.6 is 0 Å². The number of phenols is 1. The summed E-state index contributed by atoms with van der Waals surface area (Å²) in [6, 6.07) is 7.00. The van der Waals surface area contributed by atoms with Gasteiger partial charge in [0.25, 0.3) is 0 Å². The fraction of sp³-hybridized carbons (Fsp3) is 0.333. The molecular formula is C9H10NO3S. The van der Waals surface area contributed by atoms with E-state index < -0.39 is 10.0 Å². The van der Waals surface area contributed by atoms with E-state index in [0.717, 1.165) is 0 Å². The molecule has 4 nitrogen and oxygen atoms in total. The van der Waals surface area contributed by atoms with Gasteiger partial charge in [-0.25, -0.2) is 8.42 Å². The van der Waals surface area contributed by atoms with E-state index in [-0.39, 0.29) is 16.7 Å². The van der Waals surface area contributed by atoms with Gasteiger partial charge in [-0.2, -0.15) is 0 Å². The first-order valence-electron chi connectivity index (χ1n) is 4.30. The van der Waals surface area contributed by atoms with Crippen LogP contribution in [0.4, 0.5) is 5.69 Å². The predicted molar refractivity (Wildman–Crippen MR) is 52.5 cm³/mol. The molecule has 0 spiro atoms. The molecular weight excluding hydrogens is 202 g/mol. The Bertz CT molecular complexity index is 437. The van der Waals surface area contributed by atoms with Crippen molar-refractivity contribution in [2.24, 2.45) is 0 Å². The van der Waals surface area contributed by atoms with Gasteiger partial charge in [-0.1, -0.05) is 6.07 Å². The summed E-state index contributed by atoms with van der Waals surface area (Å²) in [5, 5.41) is 9.03. The lowest BCUT2D eigenvalue weighted by molar-refractivity contribution is 0.477. The van der Waals surface area contributed by atoms with Gasteiger partial charge in [0.05, 0.1) is 10.9 Å². The molecule has 2 rings (SSSR count). The molecule has 0 saturated heterocycles. The number of benzene rings is 1. The van der Waals surface area contributed by atoms with Gasteiger partial charge < -0.3 is 5.11 Å². The van der Waals surface area contributed by atoms with Crippen LogP contribution in [0.5, 0.6) is 5.75 Å². The minimum atomic E-state index is -3.29. The van der Waals surface area contributed by atoms with Crippen LogP contribution in [0.3, 0.4) is 0 Å². The Morgan fingerprint density at radius 1 is 1.50 bits per heavy atom. The van der Waals surface area contributed by atoms with Crippen LogP contribution in [0.25, 0.3) is 0 Å². The SMILES string of the molecule is O=S(=O)(Nc1cc[c]cc1O)C1CC1. The molecule has 0 aliphatic heterocycles. The summed E-state index contributed by atoms with van der Waals surface area (Å²) in [5.74, 6) is -0.100. The fourth-order valence-electron chi connectivity index (χ4n) is 1.12. The molecule has 0 aromatic heterocycles. The second-order valence-corrected chi connectivity index (χ2v) is 5.25. The third-order valence-electron chi connectivity index (χ3n) is 2.06. The van der Waals surface area contributed by atoms with E-state index in [9.17, 15) is 13.5 Å². The van der Waals surface area contributed by atoms with Crippen LogP contribution in [-0.2, 0) is 10.0 Å². The average molecular weight is 212 g/mol. The van der Waals surface area contributed by atoms with Crippen molar-refractivity contribution < 1.29 is 13.5 Å². The summed E-state index contributed by atoms with van der Waals surface area (Å²) in [6.07, 6.45) is 1.41. The molecule has 0 atom stereocenters. The molecule has 1 saturated carbocycles. The molecule has 1 radical (unpaired) electrons. The molecule has 0 unspecified atom stereocenters. The Labute approximate surface area is 82.6 Å². The molecule has 5 heteroatoms. The fourth-order valence-corrected chi connectivity index (χ4v) is 2.53. The minimum absolute atomic E-state index is 0.100. The van der Waals surface area contributed by atoms with Crippen molar-refractivity contribution in [3.05, 3.63) is 24.3 Å². The average Bonchev–Trinajstić information content (AvgIpc) is 2.91. The lowest BCUT2D eigenvalue weighted by Crippen LogP contribution is -2.17. The monoisotopic (exact) mass is 212 g/mol. The number of aromatic hydroxyl groups is 1. The lowest BCUT2D eigenvalue weighted by Gasteiger charge is -2.07. The molecule has 1 fully saturated rings. The van der Waals surface area contributed by atoms with Gasteiger partial charge in [0, 0.05) is 0 Å². The summed E-state index contributed by atoms with van der Waals surface area (Å²) in [5.41, 5.74) is 0.218. The van der Waals surface area contributed by atoms with Crippen LogP contribution in [0.2, 0.25) is 0 Å². The van der Waals surface area contributed by atoms with Crippen LogP contribution < -0.4 is 4.72 Å². The maximum absolute atomic E-state index is 11.5. The number of hydrogen-bond acceptors (Lipinski definition) is 3. The maximum Gasteiger partial charge on any atom is 0.235 e. The van der Waals surface area contributed by atoms with E-state index in [1.165, 1.54) is 12.1 Å². The van der Waals surface area contributed by atoms with Crippen molar-refractivity contribution in [1.82, 2.24) is 0 Å². The standard InChI is InChI=1S/C9H10NO3S/c11-9-4-2-1-3-8(9)10-14(12,13)7-5-6-7/h1,3-4,7,10-11H,5-6H2. The van der Waals surface area contributed by atoms with Crippen molar-refractivity contribution in [3.63, 3.8) is 0 Å². The number of rotatable bonds is 3. The number of nitrogens with one attached hydrogen (secondary N) is 1. The van der Waals surface area contributed by atoms with E-state index in [4.69, 9.17) is 0 Å². The summed E-state index contributed by atoms with van der Waals surface area (Å²) in [6.45, 7) is 0. The first kappa shape index (κ1) is 9.33. The molecule has 1 aliphatic rings. The van der Waals surface area contributed by atoms with E-state index >= 15 is 0 Å². The molecule has 14 heavy (non-hydrogen) atoms. The Morgan fingerprint density at radius 2 is 2.21 bits per heavy atom. The van der Waals surface area contributed by atoms with Crippen LogP contribution in [0.1, 0.15) is 12.8 Å². The Hall–Kier alpha value is -1.23. The second-order valence-electron chi connectivity index (χ2n) is 3.29. The van der Waals surface area contributed by atoms with Crippen LogP contribution in [0, 0.1) is 6.07 Å². The summed E-state index contributed by atoms with van der Waals surface area (Å²) in [7, 11) is -3.29. The zero-order valence-electron chi connectivity index (χ0n) is 7.40. The molecule has 1 aliphatic carbocycles. The summed E-state index contributed by atoms with van der Waals surface area (Å²) < 4.78 is 25.3. The smallest absolute Gasteiger partial charge is 0.235 e. The number of anilines is 1. The molecule has 75 valence electrons. The molecule has 2 N–H and O–H groups in total. The molecule has 0 bridgehead atoms. The van der Waals surface area contributed by atoms with Gasteiger partial charge in [-0.3, -0.25) is 4.72 Å². The van der Waals surface area contributed by atoms with E-state index in [1.54, 1.807) is 6.07 Å². The number of sulfonamides is 1. The second kappa shape index (κ2) is 3.16. The lowest BCUT2D eigenvalue weighted by atomic mass is 10.3. The molecule has 0 amide bonds. The highest BCUT2D eigenvalue weighted by Crippen LogP contribution is 2.31. The topological polar surface area (TPSA) is 66.4 Å². The molecule has 1 aromatic rings. The Balaban J connectivity index is 2.22. The number of hydrogen-bond donors (Lipinski definition) is 2. The van der Waals surface area contributed by atoms with E-state index in [1.807, 2.05) is 0 Å². The van der Waals surface area contributed by atoms with Gasteiger partial charge in [-0.05, 0) is 31.0 Å². The zero-order valence-corrected chi connectivity index (χ0v) is 8.21. The van der Waals surface area contributed by atoms with Crippen LogP contribution in [0.15, 0.2) is 18.2 Å². The summed E-state index contributed by atoms with van der Waals surface area (Å²) >= 11 is 0. The van der Waals surface area contributed by atoms with Gasteiger partial charge in [0.1, 0.15) is 5.75 Å². The summed E-state index contributed by atoms with van der Waals surface area (Å²) in [4.78, 5) is 0.